The lowest BCUT2D eigenvalue weighted by Crippen LogP contribution is -2.04. The largest absolute Gasteiger partial charge is 0.312 e. The highest BCUT2D eigenvalue weighted by Gasteiger charge is 2.17. The number of ketones is 1. The number of nitrogens with zero attached hydrogens (tertiary/aromatic N) is 1. The molecule has 2 aromatic carbocycles. The first-order chi connectivity index (χ1) is 11.3. The number of rotatable bonds is 3. The molecule has 0 saturated heterocycles. The maximum Gasteiger partial charge on any atom is 0.209 e. The Labute approximate surface area is 132 Å². The van der Waals surface area contributed by atoms with Crippen LogP contribution in [0.15, 0.2) is 72.9 Å². The SMILES string of the molecule is O=Cc1cc(C(=O)c2ccccc2)n2ccc3ccccc3c12. The van der Waals surface area contributed by atoms with Crippen molar-refractivity contribution < 1.29 is 9.59 Å². The van der Waals surface area contributed by atoms with Crippen molar-refractivity contribution in [2.75, 3.05) is 0 Å². The zero-order chi connectivity index (χ0) is 15.8. The fourth-order valence-corrected chi connectivity index (χ4v) is 3.00. The molecule has 0 spiro atoms. The zero-order valence-corrected chi connectivity index (χ0v) is 12.3. The van der Waals surface area contributed by atoms with Crippen molar-refractivity contribution in [1.29, 1.82) is 0 Å². The number of pyridine rings is 1. The molecule has 0 bridgehead atoms. The summed E-state index contributed by atoms with van der Waals surface area (Å²) in [5.74, 6) is -0.0935. The van der Waals surface area contributed by atoms with Gasteiger partial charge in [-0.1, -0.05) is 54.6 Å². The number of aldehydes is 1. The first-order valence-corrected chi connectivity index (χ1v) is 7.37. The smallest absolute Gasteiger partial charge is 0.209 e. The second kappa shape index (κ2) is 5.21. The van der Waals surface area contributed by atoms with Crippen LogP contribution in [0.2, 0.25) is 0 Å². The van der Waals surface area contributed by atoms with Crippen molar-refractivity contribution in [1.82, 2.24) is 4.40 Å². The van der Waals surface area contributed by atoms with Crippen molar-refractivity contribution in [2.45, 2.75) is 0 Å². The van der Waals surface area contributed by atoms with Gasteiger partial charge < -0.3 is 4.40 Å². The van der Waals surface area contributed by atoms with Gasteiger partial charge in [-0.15, -0.1) is 0 Å². The quantitative estimate of drug-likeness (QED) is 0.421. The van der Waals surface area contributed by atoms with Gasteiger partial charge in [-0.2, -0.15) is 0 Å². The molecule has 0 unspecified atom stereocenters. The molecule has 0 saturated carbocycles. The van der Waals surface area contributed by atoms with Gasteiger partial charge in [0.1, 0.15) is 0 Å². The van der Waals surface area contributed by atoms with Gasteiger partial charge in [0.05, 0.1) is 11.2 Å². The second-order valence-corrected chi connectivity index (χ2v) is 5.42. The van der Waals surface area contributed by atoms with E-state index in [9.17, 15) is 9.59 Å². The molecule has 0 N–H and O–H groups in total. The summed E-state index contributed by atoms with van der Waals surface area (Å²) in [5, 5.41) is 2.00. The predicted molar refractivity (Wildman–Crippen MR) is 90.2 cm³/mol. The minimum absolute atomic E-state index is 0.0935. The molecule has 0 fully saturated rings. The Morgan fingerprint density at radius 2 is 1.65 bits per heavy atom. The molecule has 2 heterocycles. The van der Waals surface area contributed by atoms with Gasteiger partial charge in [-0.3, -0.25) is 9.59 Å². The molecule has 0 aliphatic carbocycles. The molecular formula is C20H13NO2. The lowest BCUT2D eigenvalue weighted by Gasteiger charge is -2.05. The van der Waals surface area contributed by atoms with Crippen LogP contribution in [-0.2, 0) is 0 Å². The average Bonchev–Trinajstić information content (AvgIpc) is 3.01. The summed E-state index contributed by atoms with van der Waals surface area (Å²) >= 11 is 0. The van der Waals surface area contributed by atoms with Gasteiger partial charge in [0, 0.05) is 22.7 Å². The zero-order valence-electron chi connectivity index (χ0n) is 12.3. The number of aromatic nitrogens is 1. The monoisotopic (exact) mass is 299 g/mol. The Morgan fingerprint density at radius 3 is 2.43 bits per heavy atom. The molecule has 0 aliphatic rings. The van der Waals surface area contributed by atoms with Crippen LogP contribution >= 0.6 is 0 Å². The van der Waals surface area contributed by atoms with Gasteiger partial charge in [-0.25, -0.2) is 0 Å². The Morgan fingerprint density at radius 1 is 0.913 bits per heavy atom. The first-order valence-electron chi connectivity index (χ1n) is 7.37. The van der Waals surface area contributed by atoms with Crippen molar-refractivity contribution in [2.24, 2.45) is 0 Å². The molecule has 4 rings (SSSR count). The minimum atomic E-state index is -0.0935. The summed E-state index contributed by atoms with van der Waals surface area (Å²) in [5.41, 5.74) is 2.41. The molecule has 23 heavy (non-hydrogen) atoms. The molecule has 0 amide bonds. The van der Waals surface area contributed by atoms with E-state index in [1.54, 1.807) is 22.6 Å². The molecule has 110 valence electrons. The lowest BCUT2D eigenvalue weighted by molar-refractivity contribution is 0.103. The van der Waals surface area contributed by atoms with E-state index in [-0.39, 0.29) is 5.78 Å². The van der Waals surface area contributed by atoms with E-state index in [2.05, 4.69) is 0 Å². The fraction of sp³-hybridized carbons (Fsp3) is 0. The number of hydrogen-bond acceptors (Lipinski definition) is 2. The molecular weight excluding hydrogens is 286 g/mol. The van der Waals surface area contributed by atoms with E-state index in [0.29, 0.717) is 16.8 Å². The summed E-state index contributed by atoms with van der Waals surface area (Å²) in [4.78, 5) is 24.3. The van der Waals surface area contributed by atoms with Crippen LogP contribution in [0.25, 0.3) is 16.3 Å². The number of hydrogen-bond donors (Lipinski definition) is 0. The number of carbonyl (C=O) groups is 2. The summed E-state index contributed by atoms with van der Waals surface area (Å²) in [6, 6.07) is 20.6. The van der Waals surface area contributed by atoms with Crippen molar-refractivity contribution in [3.63, 3.8) is 0 Å². The van der Waals surface area contributed by atoms with Gasteiger partial charge in [0.25, 0.3) is 0 Å². The van der Waals surface area contributed by atoms with Crippen LogP contribution in [0.1, 0.15) is 26.4 Å². The van der Waals surface area contributed by atoms with Gasteiger partial charge >= 0.3 is 0 Å². The third-order valence-electron chi connectivity index (χ3n) is 4.08. The Bertz CT molecular complexity index is 1050. The van der Waals surface area contributed by atoms with E-state index in [0.717, 1.165) is 22.6 Å². The molecule has 4 aromatic rings. The standard InChI is InChI=1S/C20H13NO2/c22-13-16-12-18(20(23)15-7-2-1-3-8-15)21-11-10-14-6-4-5-9-17(14)19(16)21/h1-13H. The van der Waals surface area contributed by atoms with E-state index in [1.165, 1.54) is 0 Å². The Kier molecular flexibility index (Phi) is 3.05. The van der Waals surface area contributed by atoms with Gasteiger partial charge in [0.15, 0.2) is 6.29 Å². The lowest BCUT2D eigenvalue weighted by atomic mass is 10.1. The van der Waals surface area contributed by atoms with E-state index in [4.69, 9.17) is 0 Å². The van der Waals surface area contributed by atoms with Gasteiger partial charge in [0.2, 0.25) is 5.78 Å². The highest BCUT2D eigenvalue weighted by molar-refractivity contribution is 6.13. The molecule has 3 nitrogen and oxygen atoms in total. The predicted octanol–water partition coefficient (Wildman–Crippen LogP) is 4.14. The van der Waals surface area contributed by atoms with E-state index < -0.39 is 0 Å². The molecule has 2 aromatic heterocycles. The Hall–Kier alpha value is -3.20. The maximum atomic E-state index is 12.8. The van der Waals surface area contributed by atoms with Crippen molar-refractivity contribution in [3.05, 3.63) is 89.7 Å². The summed E-state index contributed by atoms with van der Waals surface area (Å²) in [7, 11) is 0. The van der Waals surface area contributed by atoms with Crippen LogP contribution in [0.3, 0.4) is 0 Å². The van der Waals surface area contributed by atoms with Crippen molar-refractivity contribution in [3.8, 4) is 0 Å². The number of carbonyl (C=O) groups excluding carboxylic acids is 2. The van der Waals surface area contributed by atoms with E-state index in [1.807, 2.05) is 54.7 Å². The molecule has 0 atom stereocenters. The van der Waals surface area contributed by atoms with Crippen LogP contribution < -0.4 is 0 Å². The van der Waals surface area contributed by atoms with Crippen LogP contribution in [0.5, 0.6) is 0 Å². The molecule has 3 heteroatoms. The highest BCUT2D eigenvalue weighted by atomic mass is 16.1. The summed E-state index contributed by atoms with van der Waals surface area (Å²) < 4.78 is 1.81. The van der Waals surface area contributed by atoms with Crippen molar-refractivity contribution >= 4 is 28.4 Å². The first kappa shape index (κ1) is 13.5. The summed E-state index contributed by atoms with van der Waals surface area (Å²) in [6.45, 7) is 0. The van der Waals surface area contributed by atoms with Crippen LogP contribution in [0.4, 0.5) is 0 Å². The highest BCUT2D eigenvalue weighted by Crippen LogP contribution is 2.26. The topological polar surface area (TPSA) is 38.5 Å². The molecule has 0 radical (unpaired) electrons. The third kappa shape index (κ3) is 2.06. The fourth-order valence-electron chi connectivity index (χ4n) is 3.00. The Balaban J connectivity index is 2.04. The third-order valence-corrected chi connectivity index (χ3v) is 4.08. The maximum absolute atomic E-state index is 12.8. The number of fused-ring (bicyclic) bond motifs is 3. The number of benzene rings is 2. The second-order valence-electron chi connectivity index (χ2n) is 5.42. The van der Waals surface area contributed by atoms with Crippen LogP contribution in [-0.4, -0.2) is 16.5 Å². The summed E-state index contributed by atoms with van der Waals surface area (Å²) in [6.07, 6.45) is 2.66. The average molecular weight is 299 g/mol. The van der Waals surface area contributed by atoms with Gasteiger partial charge in [-0.05, 0) is 17.5 Å². The van der Waals surface area contributed by atoms with E-state index >= 15 is 0 Å². The normalized spacial score (nSPS) is 11.0. The van der Waals surface area contributed by atoms with Crippen LogP contribution in [0, 0.1) is 0 Å². The minimum Gasteiger partial charge on any atom is -0.312 e. The molecule has 0 aliphatic heterocycles.